The summed E-state index contributed by atoms with van der Waals surface area (Å²) in [4.78, 5) is 25.6. The number of hydrogen-bond donors (Lipinski definition) is 0. The Labute approximate surface area is 173 Å². The molecule has 0 radical (unpaired) electrons. The van der Waals surface area contributed by atoms with Crippen molar-refractivity contribution in [2.75, 3.05) is 13.6 Å². The lowest BCUT2D eigenvalue weighted by Crippen LogP contribution is -2.21. The van der Waals surface area contributed by atoms with E-state index in [0.717, 1.165) is 23.4 Å². The van der Waals surface area contributed by atoms with Crippen LogP contribution in [0.1, 0.15) is 49.0 Å². The van der Waals surface area contributed by atoms with Crippen LogP contribution in [0.15, 0.2) is 77.1 Å². The Balaban J connectivity index is 1.36. The van der Waals surface area contributed by atoms with Gasteiger partial charge in [-0.15, -0.1) is 0 Å². The van der Waals surface area contributed by atoms with Gasteiger partial charge in [0.2, 0.25) is 0 Å². The third-order valence-electron chi connectivity index (χ3n) is 5.42. The van der Waals surface area contributed by atoms with E-state index in [0.29, 0.717) is 28.9 Å². The second-order valence-corrected chi connectivity index (χ2v) is 7.51. The summed E-state index contributed by atoms with van der Waals surface area (Å²) >= 11 is 0. The number of ketones is 2. The first-order chi connectivity index (χ1) is 14.6. The molecule has 0 bridgehead atoms. The monoisotopic (exact) mass is 397 g/mol. The van der Waals surface area contributed by atoms with Crippen LogP contribution in [-0.2, 0) is 6.61 Å². The van der Waals surface area contributed by atoms with Crippen LogP contribution in [0.2, 0.25) is 0 Å². The van der Waals surface area contributed by atoms with Crippen LogP contribution in [0.25, 0.3) is 0 Å². The largest absolute Gasteiger partial charge is 0.489 e. The molecule has 1 atom stereocenters. The first-order valence-corrected chi connectivity index (χ1v) is 9.76. The van der Waals surface area contributed by atoms with Crippen LogP contribution < -0.4 is 4.74 Å². The number of nitrogens with zero attached hydrogens (tertiary/aromatic N) is 3. The van der Waals surface area contributed by atoms with Crippen molar-refractivity contribution in [2.24, 2.45) is 10.3 Å². The molecule has 0 spiro atoms. The number of hydrogen-bond acceptors (Lipinski definition) is 6. The van der Waals surface area contributed by atoms with E-state index in [9.17, 15) is 9.59 Å². The molecule has 0 saturated heterocycles. The van der Waals surface area contributed by atoms with Crippen LogP contribution in [0.4, 0.5) is 0 Å². The highest BCUT2D eigenvalue weighted by molar-refractivity contribution is 6.28. The van der Waals surface area contributed by atoms with Gasteiger partial charge in [0.05, 0.1) is 6.54 Å². The van der Waals surface area contributed by atoms with Gasteiger partial charge in [0.15, 0.2) is 11.6 Å². The molecule has 5 rings (SSSR count). The number of carbonyl (C=O) groups excluding carboxylic acids is 2. The molecule has 3 aromatic rings. The molecule has 6 heteroatoms. The van der Waals surface area contributed by atoms with Gasteiger partial charge in [-0.25, -0.2) is 0 Å². The molecule has 30 heavy (non-hydrogen) atoms. The van der Waals surface area contributed by atoms with Gasteiger partial charge in [-0.3, -0.25) is 14.6 Å². The summed E-state index contributed by atoms with van der Waals surface area (Å²) in [5.74, 6) is 0.485. The van der Waals surface area contributed by atoms with Crippen molar-refractivity contribution >= 4 is 11.6 Å². The molecule has 0 aromatic heterocycles. The van der Waals surface area contributed by atoms with Crippen LogP contribution in [-0.4, -0.2) is 30.2 Å². The predicted molar refractivity (Wildman–Crippen MR) is 111 cm³/mol. The Morgan fingerprint density at radius 1 is 0.900 bits per heavy atom. The molecule has 3 aromatic carbocycles. The van der Waals surface area contributed by atoms with Crippen molar-refractivity contribution in [3.05, 3.63) is 100 Å². The Kier molecular flexibility index (Phi) is 4.39. The lowest BCUT2D eigenvalue weighted by Gasteiger charge is -2.18. The topological polar surface area (TPSA) is 71.3 Å². The lowest BCUT2D eigenvalue weighted by molar-refractivity contribution is 0.0979. The third-order valence-corrected chi connectivity index (χ3v) is 5.42. The average molecular weight is 397 g/mol. The quantitative estimate of drug-likeness (QED) is 0.512. The Morgan fingerprint density at radius 3 is 2.37 bits per heavy atom. The van der Waals surface area contributed by atoms with Gasteiger partial charge in [0, 0.05) is 29.3 Å². The summed E-state index contributed by atoms with van der Waals surface area (Å²) < 4.78 is 5.96. The smallest absolute Gasteiger partial charge is 0.194 e. The Hall–Kier alpha value is -3.80. The minimum absolute atomic E-state index is 0.00555. The normalized spacial score (nSPS) is 17.1. The van der Waals surface area contributed by atoms with Crippen LogP contribution >= 0.6 is 0 Å². The molecule has 1 unspecified atom stereocenters. The van der Waals surface area contributed by atoms with Gasteiger partial charge in [0.1, 0.15) is 18.4 Å². The number of carbonyl (C=O) groups is 2. The molecule has 0 amide bonds. The van der Waals surface area contributed by atoms with E-state index in [2.05, 4.69) is 10.3 Å². The Bertz CT molecular complexity index is 1200. The zero-order valence-corrected chi connectivity index (χ0v) is 16.4. The van der Waals surface area contributed by atoms with Crippen molar-refractivity contribution in [2.45, 2.75) is 12.6 Å². The molecule has 1 heterocycles. The molecule has 0 N–H and O–H groups in total. The standard InChI is InChI=1S/C24H19N3O3/c1-27-13-22(25-26-27)16-5-4-6-17(12-16)30-14-15-9-10-20-21(11-15)24(29)19-8-3-2-7-18(19)23(20)28/h2-12,22H,13-14H2,1H3. The van der Waals surface area contributed by atoms with Gasteiger partial charge in [-0.05, 0) is 35.4 Å². The fourth-order valence-corrected chi connectivity index (χ4v) is 3.86. The molecule has 2 aliphatic rings. The number of likely N-dealkylation sites (N-methyl/N-ethyl adjacent to an activating group) is 1. The summed E-state index contributed by atoms with van der Waals surface area (Å²) in [5.41, 5.74) is 3.67. The molecule has 148 valence electrons. The van der Waals surface area contributed by atoms with Crippen molar-refractivity contribution in [3.8, 4) is 5.75 Å². The van der Waals surface area contributed by atoms with Gasteiger partial charge in [-0.1, -0.05) is 47.7 Å². The van der Waals surface area contributed by atoms with Gasteiger partial charge < -0.3 is 4.74 Å². The highest BCUT2D eigenvalue weighted by atomic mass is 16.5. The average Bonchev–Trinajstić information content (AvgIpc) is 3.22. The maximum absolute atomic E-state index is 12.9. The summed E-state index contributed by atoms with van der Waals surface area (Å²) in [6.45, 7) is 1.04. The first-order valence-electron chi connectivity index (χ1n) is 9.76. The fourth-order valence-electron chi connectivity index (χ4n) is 3.86. The molecule has 6 nitrogen and oxygen atoms in total. The SMILES string of the molecule is CN1CC(c2cccc(OCc3ccc4c(c3)C(=O)c3ccccc3C4=O)c2)N=N1. The molecular formula is C24H19N3O3. The minimum atomic E-state index is -0.125. The van der Waals surface area contributed by atoms with E-state index in [1.54, 1.807) is 36.4 Å². The zero-order valence-electron chi connectivity index (χ0n) is 16.4. The van der Waals surface area contributed by atoms with Gasteiger partial charge in [0.25, 0.3) is 0 Å². The number of ether oxygens (including phenoxy) is 1. The molecule has 1 aliphatic heterocycles. The summed E-state index contributed by atoms with van der Waals surface area (Å²) in [6, 6.07) is 20.1. The van der Waals surface area contributed by atoms with Crippen LogP contribution in [0, 0.1) is 0 Å². The summed E-state index contributed by atoms with van der Waals surface area (Å²) in [6.07, 6.45) is 0. The van der Waals surface area contributed by atoms with Crippen molar-refractivity contribution in [3.63, 3.8) is 0 Å². The van der Waals surface area contributed by atoms with E-state index in [-0.39, 0.29) is 17.6 Å². The van der Waals surface area contributed by atoms with E-state index >= 15 is 0 Å². The summed E-state index contributed by atoms with van der Waals surface area (Å²) in [7, 11) is 1.89. The number of fused-ring (bicyclic) bond motifs is 2. The third kappa shape index (κ3) is 3.16. The second kappa shape index (κ2) is 7.22. The van der Waals surface area contributed by atoms with E-state index < -0.39 is 0 Å². The van der Waals surface area contributed by atoms with Gasteiger partial charge in [-0.2, -0.15) is 5.11 Å². The predicted octanol–water partition coefficient (Wildman–Crippen LogP) is 4.39. The van der Waals surface area contributed by atoms with Crippen molar-refractivity contribution in [1.82, 2.24) is 5.01 Å². The molecule has 0 fully saturated rings. The number of benzene rings is 3. The summed E-state index contributed by atoms with van der Waals surface area (Å²) in [5, 5.41) is 10.1. The maximum atomic E-state index is 12.9. The first kappa shape index (κ1) is 18.2. The van der Waals surface area contributed by atoms with E-state index in [4.69, 9.17) is 4.74 Å². The number of rotatable bonds is 4. The van der Waals surface area contributed by atoms with Gasteiger partial charge >= 0.3 is 0 Å². The zero-order chi connectivity index (χ0) is 20.7. The lowest BCUT2D eigenvalue weighted by atomic mass is 9.83. The van der Waals surface area contributed by atoms with Crippen LogP contribution in [0.3, 0.4) is 0 Å². The second-order valence-electron chi connectivity index (χ2n) is 7.51. The molecule has 1 aliphatic carbocycles. The fraction of sp³-hybridized carbons (Fsp3) is 0.167. The molecular weight excluding hydrogens is 378 g/mol. The maximum Gasteiger partial charge on any atom is 0.194 e. The minimum Gasteiger partial charge on any atom is -0.489 e. The van der Waals surface area contributed by atoms with Crippen molar-refractivity contribution in [1.29, 1.82) is 0 Å². The highest BCUT2D eigenvalue weighted by Crippen LogP contribution is 2.29. The molecule has 0 saturated carbocycles. The van der Waals surface area contributed by atoms with Crippen LogP contribution in [0.5, 0.6) is 5.75 Å². The van der Waals surface area contributed by atoms with Crippen molar-refractivity contribution < 1.29 is 14.3 Å². The van der Waals surface area contributed by atoms with E-state index in [1.165, 1.54) is 0 Å². The highest BCUT2D eigenvalue weighted by Gasteiger charge is 2.29. The van der Waals surface area contributed by atoms with E-state index in [1.807, 2.05) is 42.4 Å². The Morgan fingerprint density at radius 2 is 1.63 bits per heavy atom.